The summed E-state index contributed by atoms with van der Waals surface area (Å²) in [6.45, 7) is 2.98. The van der Waals surface area contributed by atoms with Crippen LogP contribution in [0.3, 0.4) is 0 Å². The number of benzene rings is 1. The zero-order valence-electron chi connectivity index (χ0n) is 10.6. The molecule has 0 amide bonds. The minimum absolute atomic E-state index is 0.0154. The van der Waals surface area contributed by atoms with Gasteiger partial charge in [-0.2, -0.15) is 0 Å². The highest BCUT2D eigenvalue weighted by atomic mass is 16.5. The fourth-order valence-electron chi connectivity index (χ4n) is 2.36. The molecule has 1 aromatic rings. The Morgan fingerprint density at radius 3 is 2.94 bits per heavy atom. The van der Waals surface area contributed by atoms with Gasteiger partial charge in [-0.05, 0) is 18.1 Å². The predicted octanol–water partition coefficient (Wildman–Crippen LogP) is 2.62. The van der Waals surface area contributed by atoms with Crippen LogP contribution in [-0.2, 0) is 4.74 Å². The SMILES string of the molecule is CN1CCOC(c2ccccc2)[C@@H](CN=[N+]=[N-])C1. The van der Waals surface area contributed by atoms with Crippen molar-refractivity contribution in [1.29, 1.82) is 0 Å². The van der Waals surface area contributed by atoms with Crippen LogP contribution in [0.2, 0.25) is 0 Å². The summed E-state index contributed by atoms with van der Waals surface area (Å²) in [4.78, 5) is 5.09. The lowest BCUT2D eigenvalue weighted by atomic mass is 9.95. The molecule has 1 aliphatic rings. The Labute approximate surface area is 107 Å². The van der Waals surface area contributed by atoms with E-state index in [9.17, 15) is 0 Å². The molecule has 0 bridgehead atoms. The van der Waals surface area contributed by atoms with Gasteiger partial charge < -0.3 is 9.64 Å². The van der Waals surface area contributed by atoms with Gasteiger partial charge in [0.2, 0.25) is 0 Å². The summed E-state index contributed by atoms with van der Waals surface area (Å²) in [6, 6.07) is 10.2. The number of hydrogen-bond donors (Lipinski definition) is 0. The molecule has 0 spiro atoms. The van der Waals surface area contributed by atoms with Crippen molar-refractivity contribution < 1.29 is 4.74 Å². The molecular weight excluding hydrogens is 228 g/mol. The fraction of sp³-hybridized carbons (Fsp3) is 0.538. The normalized spacial score (nSPS) is 25.2. The molecule has 1 heterocycles. The lowest BCUT2D eigenvalue weighted by Crippen LogP contribution is -2.28. The van der Waals surface area contributed by atoms with Crippen LogP contribution in [-0.4, -0.2) is 38.2 Å². The van der Waals surface area contributed by atoms with Crippen molar-refractivity contribution >= 4 is 0 Å². The third-order valence-corrected chi connectivity index (χ3v) is 3.25. The van der Waals surface area contributed by atoms with Gasteiger partial charge in [0.25, 0.3) is 0 Å². The molecule has 0 saturated carbocycles. The van der Waals surface area contributed by atoms with Crippen molar-refractivity contribution in [3.63, 3.8) is 0 Å². The topological polar surface area (TPSA) is 61.2 Å². The van der Waals surface area contributed by atoms with Crippen LogP contribution in [0.4, 0.5) is 0 Å². The first-order valence-electron chi connectivity index (χ1n) is 6.17. The van der Waals surface area contributed by atoms with Crippen LogP contribution >= 0.6 is 0 Å². The molecule has 1 aliphatic heterocycles. The van der Waals surface area contributed by atoms with E-state index in [1.54, 1.807) is 0 Å². The Bertz CT molecular complexity index is 416. The minimum Gasteiger partial charge on any atom is -0.372 e. The van der Waals surface area contributed by atoms with Crippen LogP contribution in [0.15, 0.2) is 35.4 Å². The number of likely N-dealkylation sites (N-methyl/N-ethyl adjacent to an activating group) is 1. The third-order valence-electron chi connectivity index (χ3n) is 3.25. The molecule has 1 saturated heterocycles. The van der Waals surface area contributed by atoms with Crippen molar-refractivity contribution in [3.05, 3.63) is 46.3 Å². The molecule has 1 aromatic carbocycles. The van der Waals surface area contributed by atoms with E-state index >= 15 is 0 Å². The highest BCUT2D eigenvalue weighted by Gasteiger charge is 2.27. The third kappa shape index (κ3) is 3.23. The van der Waals surface area contributed by atoms with E-state index in [1.165, 1.54) is 0 Å². The van der Waals surface area contributed by atoms with Gasteiger partial charge in [0, 0.05) is 30.5 Å². The highest BCUT2D eigenvalue weighted by molar-refractivity contribution is 5.18. The molecule has 0 aromatic heterocycles. The average Bonchev–Trinajstić information content (AvgIpc) is 2.59. The first kappa shape index (κ1) is 12.9. The highest BCUT2D eigenvalue weighted by Crippen LogP contribution is 2.29. The van der Waals surface area contributed by atoms with E-state index in [1.807, 2.05) is 18.2 Å². The second-order valence-corrected chi connectivity index (χ2v) is 4.64. The maximum absolute atomic E-state index is 8.49. The fourth-order valence-corrected chi connectivity index (χ4v) is 2.36. The van der Waals surface area contributed by atoms with Gasteiger partial charge in [-0.1, -0.05) is 35.4 Å². The zero-order chi connectivity index (χ0) is 12.8. The van der Waals surface area contributed by atoms with Gasteiger partial charge in [0.15, 0.2) is 0 Å². The number of nitrogens with zero attached hydrogens (tertiary/aromatic N) is 4. The molecule has 5 nitrogen and oxygen atoms in total. The van der Waals surface area contributed by atoms with Crippen molar-refractivity contribution in [2.75, 3.05) is 33.3 Å². The van der Waals surface area contributed by atoms with Gasteiger partial charge in [0.05, 0.1) is 12.7 Å². The van der Waals surface area contributed by atoms with Crippen molar-refractivity contribution in [2.24, 2.45) is 11.0 Å². The van der Waals surface area contributed by atoms with Crippen molar-refractivity contribution in [1.82, 2.24) is 4.90 Å². The van der Waals surface area contributed by atoms with E-state index in [0.29, 0.717) is 13.2 Å². The van der Waals surface area contributed by atoms with Crippen LogP contribution in [0, 0.1) is 5.92 Å². The maximum atomic E-state index is 8.49. The van der Waals surface area contributed by atoms with E-state index < -0.39 is 0 Å². The van der Waals surface area contributed by atoms with Crippen LogP contribution in [0.1, 0.15) is 11.7 Å². The van der Waals surface area contributed by atoms with Gasteiger partial charge in [0.1, 0.15) is 0 Å². The number of hydrogen-bond acceptors (Lipinski definition) is 3. The maximum Gasteiger partial charge on any atom is 0.0867 e. The van der Waals surface area contributed by atoms with Crippen molar-refractivity contribution in [3.8, 4) is 0 Å². The molecule has 5 heteroatoms. The lowest BCUT2D eigenvalue weighted by molar-refractivity contribution is 0.0332. The first-order chi connectivity index (χ1) is 8.81. The largest absolute Gasteiger partial charge is 0.372 e. The summed E-state index contributed by atoms with van der Waals surface area (Å²) in [5.74, 6) is 0.204. The van der Waals surface area contributed by atoms with E-state index in [4.69, 9.17) is 10.3 Å². The summed E-state index contributed by atoms with van der Waals surface area (Å²) in [7, 11) is 2.07. The summed E-state index contributed by atoms with van der Waals surface area (Å²) < 4.78 is 5.94. The molecule has 1 fully saturated rings. The number of azide groups is 1. The van der Waals surface area contributed by atoms with E-state index in [-0.39, 0.29) is 12.0 Å². The molecule has 0 aliphatic carbocycles. The molecule has 18 heavy (non-hydrogen) atoms. The standard InChI is InChI=1S/C13H18N4O/c1-17-7-8-18-13(11-5-3-2-4-6-11)12(10-17)9-15-16-14/h2-6,12-13H,7-10H2,1H3/t12-,13?/m0/s1. The molecule has 96 valence electrons. The molecule has 2 rings (SSSR count). The monoisotopic (exact) mass is 246 g/mol. The average molecular weight is 246 g/mol. The Balaban J connectivity index is 2.20. The molecular formula is C13H18N4O. The van der Waals surface area contributed by atoms with E-state index in [0.717, 1.165) is 18.7 Å². The summed E-state index contributed by atoms with van der Waals surface area (Å²) in [6.07, 6.45) is 0.0154. The van der Waals surface area contributed by atoms with Gasteiger partial charge in [-0.25, -0.2) is 0 Å². The number of rotatable bonds is 3. The van der Waals surface area contributed by atoms with Gasteiger partial charge >= 0.3 is 0 Å². The minimum atomic E-state index is 0.0154. The first-order valence-corrected chi connectivity index (χ1v) is 6.17. The zero-order valence-corrected chi connectivity index (χ0v) is 10.6. The smallest absolute Gasteiger partial charge is 0.0867 e. The molecule has 2 atom stereocenters. The Morgan fingerprint density at radius 1 is 1.44 bits per heavy atom. The molecule has 0 N–H and O–H groups in total. The van der Waals surface area contributed by atoms with Crippen molar-refractivity contribution in [2.45, 2.75) is 6.10 Å². The Hall–Kier alpha value is -1.55. The second-order valence-electron chi connectivity index (χ2n) is 4.64. The van der Waals surface area contributed by atoms with Crippen LogP contribution in [0.5, 0.6) is 0 Å². The van der Waals surface area contributed by atoms with Gasteiger partial charge in [-0.3, -0.25) is 0 Å². The number of ether oxygens (including phenoxy) is 1. The van der Waals surface area contributed by atoms with Crippen LogP contribution < -0.4 is 0 Å². The van der Waals surface area contributed by atoms with E-state index in [2.05, 4.69) is 34.1 Å². The summed E-state index contributed by atoms with van der Waals surface area (Å²) in [5.41, 5.74) is 9.65. The quantitative estimate of drug-likeness (QED) is 0.467. The Kier molecular flexibility index (Phi) is 4.59. The molecule has 1 unspecified atom stereocenters. The Morgan fingerprint density at radius 2 is 2.22 bits per heavy atom. The predicted molar refractivity (Wildman–Crippen MR) is 70.1 cm³/mol. The van der Waals surface area contributed by atoms with Gasteiger partial charge in [-0.15, -0.1) is 0 Å². The molecule has 0 radical (unpaired) electrons. The second kappa shape index (κ2) is 6.40. The van der Waals surface area contributed by atoms with Crippen LogP contribution in [0.25, 0.3) is 10.4 Å². The lowest BCUT2D eigenvalue weighted by Gasteiger charge is -2.25. The summed E-state index contributed by atoms with van der Waals surface area (Å²) >= 11 is 0. The summed E-state index contributed by atoms with van der Waals surface area (Å²) in [5, 5.41) is 3.72.